The normalized spacial score (nSPS) is 21.5. The minimum Gasteiger partial charge on any atom is -0.332 e. The summed E-state index contributed by atoms with van der Waals surface area (Å²) in [7, 11) is 3.34. The molecule has 1 saturated carbocycles. The van der Waals surface area contributed by atoms with Crippen LogP contribution < -0.4 is 11.2 Å². The number of hydrazine groups is 1. The third kappa shape index (κ3) is 7.73. The average molecular weight is 596 g/mol. The zero-order valence-corrected chi connectivity index (χ0v) is 26.1. The van der Waals surface area contributed by atoms with E-state index in [4.69, 9.17) is 5.73 Å². The predicted molar refractivity (Wildman–Crippen MR) is 174 cm³/mol. The van der Waals surface area contributed by atoms with Crippen LogP contribution in [0, 0.1) is 5.92 Å². The van der Waals surface area contributed by atoms with Gasteiger partial charge in [0.1, 0.15) is 12.1 Å². The van der Waals surface area contributed by atoms with Gasteiger partial charge in [-0.2, -0.15) is 0 Å². The highest BCUT2D eigenvalue weighted by Crippen LogP contribution is 2.41. The number of amides is 3. The molecule has 0 aromatic heterocycles. The van der Waals surface area contributed by atoms with Gasteiger partial charge in [0.15, 0.2) is 0 Å². The molecule has 232 valence electrons. The molecule has 2 fully saturated rings. The number of nitrogens with one attached hydrogen (secondary N) is 1. The highest BCUT2D eigenvalue weighted by Gasteiger charge is 2.44. The molecule has 0 bridgehead atoms. The summed E-state index contributed by atoms with van der Waals surface area (Å²) >= 11 is 0. The number of hydrogen-bond acceptors (Lipinski definition) is 5. The lowest BCUT2D eigenvalue weighted by atomic mass is 9.98. The van der Waals surface area contributed by atoms with Crippen molar-refractivity contribution in [3.05, 3.63) is 96.1 Å². The lowest BCUT2D eigenvalue weighted by molar-refractivity contribution is -0.147. The van der Waals surface area contributed by atoms with E-state index < -0.39 is 12.1 Å². The molecular weight excluding hydrogens is 550 g/mol. The first kappa shape index (κ1) is 31.4. The van der Waals surface area contributed by atoms with Crippen LogP contribution in [0.1, 0.15) is 43.7 Å². The van der Waals surface area contributed by atoms with Crippen molar-refractivity contribution < 1.29 is 14.4 Å². The largest absolute Gasteiger partial charge is 0.332 e. The number of carbonyl (C=O) groups is 3. The van der Waals surface area contributed by atoms with Crippen molar-refractivity contribution in [2.24, 2.45) is 11.7 Å². The molecule has 8 heteroatoms. The second-order valence-electron chi connectivity index (χ2n) is 12.7. The van der Waals surface area contributed by atoms with Crippen LogP contribution in [0.4, 0.5) is 0 Å². The molecular formula is C36H45N5O3. The number of likely N-dealkylation sites (N-methyl/N-ethyl adjacent to an activating group) is 2. The van der Waals surface area contributed by atoms with E-state index in [0.717, 1.165) is 60.7 Å². The van der Waals surface area contributed by atoms with Gasteiger partial charge in [0.05, 0.1) is 0 Å². The summed E-state index contributed by atoms with van der Waals surface area (Å²) in [6.07, 6.45) is 8.09. The van der Waals surface area contributed by atoms with Crippen molar-refractivity contribution in [2.75, 3.05) is 27.2 Å². The molecule has 3 aromatic rings. The summed E-state index contributed by atoms with van der Waals surface area (Å²) in [5.41, 5.74) is 10.9. The second kappa shape index (κ2) is 13.7. The molecule has 44 heavy (non-hydrogen) atoms. The van der Waals surface area contributed by atoms with Gasteiger partial charge in [0, 0.05) is 45.6 Å². The van der Waals surface area contributed by atoms with Gasteiger partial charge in [0.25, 0.3) is 5.91 Å². The van der Waals surface area contributed by atoms with E-state index in [1.165, 1.54) is 15.9 Å². The Hall–Kier alpha value is -4.01. The van der Waals surface area contributed by atoms with E-state index in [1.807, 2.05) is 84.7 Å². The quantitative estimate of drug-likeness (QED) is 0.326. The smallest absolute Gasteiger partial charge is 0.257 e. The minimum absolute atomic E-state index is 0.144. The predicted octanol–water partition coefficient (Wildman–Crippen LogP) is 4.09. The molecule has 1 aliphatic heterocycles. The van der Waals surface area contributed by atoms with Crippen molar-refractivity contribution in [1.82, 2.24) is 20.2 Å². The van der Waals surface area contributed by atoms with Crippen LogP contribution in [0.3, 0.4) is 0 Å². The van der Waals surface area contributed by atoms with Crippen molar-refractivity contribution in [2.45, 2.75) is 63.1 Å². The fraction of sp³-hybridized carbons (Fsp3) is 0.417. The number of rotatable bonds is 11. The Labute approximate surface area is 260 Å². The van der Waals surface area contributed by atoms with E-state index in [9.17, 15) is 14.4 Å². The Bertz CT molecular complexity index is 1500. The van der Waals surface area contributed by atoms with Gasteiger partial charge in [-0.3, -0.25) is 19.8 Å². The number of hydrogen-bond donors (Lipinski definition) is 2. The lowest BCUT2D eigenvalue weighted by Gasteiger charge is -2.36. The van der Waals surface area contributed by atoms with Crippen LogP contribution >= 0.6 is 0 Å². The van der Waals surface area contributed by atoms with Crippen molar-refractivity contribution in [1.29, 1.82) is 0 Å². The first-order valence-electron chi connectivity index (χ1n) is 15.7. The van der Waals surface area contributed by atoms with E-state index in [0.29, 0.717) is 12.8 Å². The van der Waals surface area contributed by atoms with Gasteiger partial charge >= 0.3 is 0 Å². The van der Waals surface area contributed by atoms with Crippen molar-refractivity contribution in [3.63, 3.8) is 0 Å². The fourth-order valence-corrected chi connectivity index (χ4v) is 6.02. The van der Waals surface area contributed by atoms with Crippen LogP contribution in [0.25, 0.3) is 10.8 Å². The molecule has 3 amide bonds. The Kier molecular flexibility index (Phi) is 9.81. The van der Waals surface area contributed by atoms with Gasteiger partial charge in [-0.15, -0.1) is 0 Å². The molecule has 2 aliphatic rings. The molecule has 0 radical (unpaired) electrons. The van der Waals surface area contributed by atoms with Gasteiger partial charge in [-0.05, 0) is 60.1 Å². The number of nitrogens with zero attached hydrogens (tertiary/aromatic N) is 3. The highest BCUT2D eigenvalue weighted by atomic mass is 16.2. The lowest BCUT2D eigenvalue weighted by Crippen LogP contribution is -2.58. The molecule has 0 spiro atoms. The zero-order valence-electron chi connectivity index (χ0n) is 26.1. The molecule has 4 atom stereocenters. The molecule has 8 nitrogen and oxygen atoms in total. The van der Waals surface area contributed by atoms with E-state index in [1.54, 1.807) is 14.1 Å². The Balaban J connectivity index is 1.42. The van der Waals surface area contributed by atoms with E-state index in [2.05, 4.69) is 11.5 Å². The summed E-state index contributed by atoms with van der Waals surface area (Å²) in [6, 6.07) is 22.4. The molecule has 1 heterocycles. The number of nitrogens with two attached hydrogens (primary N) is 1. The van der Waals surface area contributed by atoms with Crippen LogP contribution in [0.2, 0.25) is 0 Å². The van der Waals surface area contributed by atoms with Crippen LogP contribution in [-0.4, -0.2) is 77.3 Å². The summed E-state index contributed by atoms with van der Waals surface area (Å²) in [4.78, 5) is 44.7. The Morgan fingerprint density at radius 1 is 0.886 bits per heavy atom. The van der Waals surface area contributed by atoms with E-state index in [-0.39, 0.29) is 29.2 Å². The number of piperidine rings is 1. The standard InChI is InChI=1S/C36H45N5O3/c1-36(37)25-30(36)18-19-33(42)39(2)32(24-27-16-17-28-14-8-9-15-29(28)22-27)35(44)40(3)31(23-26-12-6-4-7-13-26)34(43)38-41-20-10-5-11-21-41/h4,6-9,12-19,22,30-32H,5,10-11,20-21,23-25,37H2,1-3H3,(H,38,43)/b19-18+/t30?,31-,32-,36?/m1/s1. The summed E-state index contributed by atoms with van der Waals surface area (Å²) < 4.78 is 0. The maximum Gasteiger partial charge on any atom is 0.257 e. The first-order chi connectivity index (χ1) is 21.1. The summed E-state index contributed by atoms with van der Waals surface area (Å²) in [5.74, 6) is -0.628. The van der Waals surface area contributed by atoms with Gasteiger partial charge in [0.2, 0.25) is 11.8 Å². The highest BCUT2D eigenvalue weighted by molar-refractivity contribution is 5.95. The Morgan fingerprint density at radius 2 is 1.52 bits per heavy atom. The van der Waals surface area contributed by atoms with Crippen molar-refractivity contribution in [3.8, 4) is 0 Å². The van der Waals surface area contributed by atoms with E-state index >= 15 is 0 Å². The second-order valence-corrected chi connectivity index (χ2v) is 12.7. The fourth-order valence-electron chi connectivity index (χ4n) is 6.02. The molecule has 1 saturated heterocycles. The SMILES string of the molecule is CN(C(=O)/C=C/C1CC1(C)N)[C@H](Cc1ccc2ccccc2c1)C(=O)N(C)[C@H](Cc1ccccc1)C(=O)NN1CCCCC1. The topological polar surface area (TPSA) is 99.0 Å². The third-order valence-corrected chi connectivity index (χ3v) is 9.17. The van der Waals surface area contributed by atoms with Crippen LogP contribution in [-0.2, 0) is 27.2 Å². The van der Waals surface area contributed by atoms with Gasteiger partial charge in [-0.25, -0.2) is 5.01 Å². The maximum absolute atomic E-state index is 14.4. The summed E-state index contributed by atoms with van der Waals surface area (Å²) in [5, 5.41) is 4.13. The van der Waals surface area contributed by atoms with Crippen LogP contribution in [0.15, 0.2) is 84.9 Å². The zero-order chi connectivity index (χ0) is 31.3. The minimum atomic E-state index is -0.817. The molecule has 3 N–H and O–H groups in total. The maximum atomic E-state index is 14.4. The molecule has 3 aromatic carbocycles. The van der Waals surface area contributed by atoms with Crippen molar-refractivity contribution >= 4 is 28.5 Å². The number of carbonyl (C=O) groups excluding carboxylic acids is 3. The molecule has 1 aliphatic carbocycles. The molecule has 2 unspecified atom stereocenters. The van der Waals surface area contributed by atoms with Gasteiger partial charge < -0.3 is 15.5 Å². The van der Waals surface area contributed by atoms with Crippen LogP contribution in [0.5, 0.6) is 0 Å². The Morgan fingerprint density at radius 3 is 2.20 bits per heavy atom. The van der Waals surface area contributed by atoms with Gasteiger partial charge in [-0.1, -0.05) is 85.3 Å². The monoisotopic (exact) mass is 595 g/mol. The molecule has 5 rings (SSSR count). The summed E-state index contributed by atoms with van der Waals surface area (Å²) in [6.45, 7) is 3.55. The third-order valence-electron chi connectivity index (χ3n) is 9.17. The number of benzene rings is 3. The first-order valence-corrected chi connectivity index (χ1v) is 15.7. The average Bonchev–Trinajstić information content (AvgIpc) is 3.66. The number of fused-ring (bicyclic) bond motifs is 1.